The number of rotatable bonds is 4. The second kappa shape index (κ2) is 5.35. The zero-order chi connectivity index (χ0) is 13.1. The van der Waals surface area contributed by atoms with E-state index in [2.05, 4.69) is 4.98 Å². The molecular weight excluding hydrogens is 374 g/mol. The summed E-state index contributed by atoms with van der Waals surface area (Å²) in [5, 5.41) is 0. The molecule has 0 amide bonds. The van der Waals surface area contributed by atoms with Gasteiger partial charge in [-0.3, -0.25) is 4.72 Å². The second-order valence-corrected chi connectivity index (χ2v) is 5.65. The van der Waals surface area contributed by atoms with E-state index in [1.807, 2.05) is 27.3 Å². The minimum absolute atomic E-state index is 0.0555. The molecule has 0 bridgehead atoms. The van der Waals surface area contributed by atoms with Gasteiger partial charge in [-0.1, -0.05) is 0 Å². The Morgan fingerprint density at radius 2 is 2.00 bits per heavy atom. The number of anilines is 1. The number of hydrogen-bond donors (Lipinski definition) is 2. The molecule has 1 aromatic heterocycles. The minimum atomic E-state index is -4.60. The summed E-state index contributed by atoms with van der Waals surface area (Å²) in [4.78, 5) is 3.69. The molecule has 96 valence electrons. The number of nitrogens with one attached hydrogen (secondary N) is 2. The van der Waals surface area contributed by atoms with Crippen LogP contribution in [0.25, 0.3) is 0 Å². The molecule has 2 N–H and O–H groups in total. The van der Waals surface area contributed by atoms with Crippen molar-refractivity contribution in [2.75, 3.05) is 11.3 Å². The van der Waals surface area contributed by atoms with Crippen LogP contribution in [0.5, 0.6) is 0 Å². The van der Waals surface area contributed by atoms with Gasteiger partial charge < -0.3 is 0 Å². The zero-order valence-corrected chi connectivity index (χ0v) is 11.1. The minimum Gasteiger partial charge on any atom is -0.255 e. The van der Waals surface area contributed by atoms with Crippen molar-refractivity contribution in [3.05, 3.63) is 21.9 Å². The molecule has 0 saturated heterocycles. The number of aromatic nitrogens is 1. The predicted octanol–water partition coefficient (Wildman–Crippen LogP) is 1.49. The lowest BCUT2D eigenvalue weighted by molar-refractivity contribution is -0.121. The maximum absolute atomic E-state index is 11.8. The molecule has 0 atom stereocenters. The van der Waals surface area contributed by atoms with Gasteiger partial charge in [-0.25, -0.2) is 4.98 Å². The number of hydrogen-bond acceptors (Lipinski definition) is 3. The van der Waals surface area contributed by atoms with Crippen molar-refractivity contribution in [2.24, 2.45) is 0 Å². The molecule has 17 heavy (non-hydrogen) atoms. The van der Waals surface area contributed by atoms with Gasteiger partial charge >= 0.3 is 16.4 Å². The van der Waals surface area contributed by atoms with E-state index in [0.29, 0.717) is 0 Å². The van der Waals surface area contributed by atoms with Gasteiger partial charge in [0.15, 0.2) is 0 Å². The monoisotopic (exact) mass is 381 g/mol. The summed E-state index contributed by atoms with van der Waals surface area (Å²) in [6, 6.07) is 2.91. The Hall–Kier alpha value is -0.620. The lowest BCUT2D eigenvalue weighted by Crippen LogP contribution is -2.37. The third kappa shape index (κ3) is 6.02. The Balaban J connectivity index is 2.64. The van der Waals surface area contributed by atoms with Crippen LogP contribution in [0.1, 0.15) is 0 Å². The van der Waals surface area contributed by atoms with Crippen LogP contribution in [-0.2, 0) is 10.2 Å². The van der Waals surface area contributed by atoms with E-state index in [1.165, 1.54) is 17.0 Å². The summed E-state index contributed by atoms with van der Waals surface area (Å²) >= 11 is 1.96. The van der Waals surface area contributed by atoms with Crippen molar-refractivity contribution in [1.29, 1.82) is 0 Å². The van der Waals surface area contributed by atoms with Gasteiger partial charge in [-0.05, 0) is 34.7 Å². The SMILES string of the molecule is O=S(=O)(NCC(F)(F)F)Nc1ccc(I)cn1. The first-order valence-electron chi connectivity index (χ1n) is 4.14. The maximum atomic E-state index is 11.8. The molecule has 5 nitrogen and oxygen atoms in total. The first-order chi connectivity index (χ1) is 7.68. The summed E-state index contributed by atoms with van der Waals surface area (Å²) in [7, 11) is -4.27. The lowest BCUT2D eigenvalue weighted by atomic mass is 10.5. The Morgan fingerprint density at radius 1 is 1.35 bits per heavy atom. The van der Waals surface area contributed by atoms with Gasteiger partial charge in [-0.15, -0.1) is 0 Å². The molecule has 0 fully saturated rings. The first kappa shape index (κ1) is 14.4. The van der Waals surface area contributed by atoms with Crippen LogP contribution in [0.4, 0.5) is 19.0 Å². The predicted molar refractivity (Wildman–Crippen MR) is 63.6 cm³/mol. The van der Waals surface area contributed by atoms with Gasteiger partial charge in [0.05, 0.1) is 0 Å². The van der Waals surface area contributed by atoms with Gasteiger partial charge in [0, 0.05) is 9.77 Å². The van der Waals surface area contributed by atoms with Gasteiger partial charge in [0.1, 0.15) is 12.4 Å². The molecule has 10 heteroatoms. The quantitative estimate of drug-likeness (QED) is 0.777. The second-order valence-electron chi connectivity index (χ2n) is 2.90. The van der Waals surface area contributed by atoms with E-state index >= 15 is 0 Å². The summed E-state index contributed by atoms with van der Waals surface area (Å²) in [5.74, 6) is -0.0555. The standard InChI is InChI=1S/C7H7F3IN3O2S/c8-7(9,10)4-13-17(15,16)14-6-2-1-5(11)3-12-6/h1-3,13H,4H2,(H,12,14). The van der Waals surface area contributed by atoms with E-state index in [-0.39, 0.29) is 5.82 Å². The molecule has 1 heterocycles. The molecule has 0 aliphatic carbocycles. The third-order valence-corrected chi connectivity index (χ3v) is 3.07. The fraction of sp³-hybridized carbons (Fsp3) is 0.286. The first-order valence-corrected chi connectivity index (χ1v) is 6.70. The Morgan fingerprint density at radius 3 is 2.47 bits per heavy atom. The summed E-state index contributed by atoms with van der Waals surface area (Å²) < 4.78 is 61.7. The fourth-order valence-electron chi connectivity index (χ4n) is 0.787. The number of nitrogens with zero attached hydrogens (tertiary/aromatic N) is 1. The fourth-order valence-corrected chi connectivity index (χ4v) is 1.93. The Labute approximate surface area is 109 Å². The van der Waals surface area contributed by atoms with Crippen LogP contribution in [0.3, 0.4) is 0 Å². The van der Waals surface area contributed by atoms with Crippen LogP contribution < -0.4 is 9.44 Å². The van der Waals surface area contributed by atoms with Crippen LogP contribution in [0, 0.1) is 3.57 Å². The average molecular weight is 381 g/mol. The van der Waals surface area contributed by atoms with Crippen LogP contribution in [0.2, 0.25) is 0 Å². The van der Waals surface area contributed by atoms with Crippen LogP contribution in [0.15, 0.2) is 18.3 Å². The van der Waals surface area contributed by atoms with Gasteiger partial charge in [0.2, 0.25) is 0 Å². The van der Waals surface area contributed by atoms with E-state index in [4.69, 9.17) is 0 Å². The molecule has 0 spiro atoms. The maximum Gasteiger partial charge on any atom is 0.402 e. The molecular formula is C7H7F3IN3O2S. The van der Waals surface area contributed by atoms with Crippen molar-refractivity contribution in [2.45, 2.75) is 6.18 Å². The highest BCUT2D eigenvalue weighted by Gasteiger charge is 2.29. The largest absolute Gasteiger partial charge is 0.402 e. The summed E-state index contributed by atoms with van der Waals surface area (Å²) in [6.07, 6.45) is -3.23. The highest BCUT2D eigenvalue weighted by atomic mass is 127. The van der Waals surface area contributed by atoms with Crippen molar-refractivity contribution in [3.8, 4) is 0 Å². The van der Waals surface area contributed by atoms with Gasteiger partial charge in [0.25, 0.3) is 0 Å². The number of halogens is 4. The highest BCUT2D eigenvalue weighted by Crippen LogP contribution is 2.13. The number of alkyl halides is 3. The highest BCUT2D eigenvalue weighted by molar-refractivity contribution is 14.1. The van der Waals surface area contributed by atoms with E-state index in [0.717, 1.165) is 3.57 Å². The smallest absolute Gasteiger partial charge is 0.255 e. The molecule has 0 unspecified atom stereocenters. The van der Waals surface area contributed by atoms with Crippen molar-refractivity contribution >= 4 is 38.6 Å². The molecule has 0 aromatic carbocycles. The molecule has 1 rings (SSSR count). The van der Waals surface area contributed by atoms with E-state index in [9.17, 15) is 21.6 Å². The molecule has 0 aliphatic rings. The third-order valence-electron chi connectivity index (χ3n) is 1.43. The van der Waals surface area contributed by atoms with E-state index in [1.54, 1.807) is 6.07 Å². The Bertz CT molecular complexity index is 474. The Kier molecular flexibility index (Phi) is 4.55. The molecule has 0 aliphatic heterocycles. The van der Waals surface area contributed by atoms with Crippen LogP contribution in [-0.4, -0.2) is 26.1 Å². The van der Waals surface area contributed by atoms with Crippen molar-refractivity contribution < 1.29 is 21.6 Å². The van der Waals surface area contributed by atoms with Crippen molar-refractivity contribution in [3.63, 3.8) is 0 Å². The summed E-state index contributed by atoms with van der Waals surface area (Å²) in [6.45, 7) is -1.63. The average Bonchev–Trinajstić information content (AvgIpc) is 2.18. The van der Waals surface area contributed by atoms with Crippen molar-refractivity contribution in [1.82, 2.24) is 9.71 Å². The molecule has 0 radical (unpaired) electrons. The number of pyridine rings is 1. The topological polar surface area (TPSA) is 71.1 Å². The molecule has 0 saturated carbocycles. The normalized spacial score (nSPS) is 12.5. The summed E-state index contributed by atoms with van der Waals surface area (Å²) in [5.41, 5.74) is 0. The molecule has 1 aromatic rings. The van der Waals surface area contributed by atoms with E-state index < -0.39 is 22.9 Å². The lowest BCUT2D eigenvalue weighted by Gasteiger charge is -2.10. The van der Waals surface area contributed by atoms with Crippen LogP contribution >= 0.6 is 22.6 Å². The van der Waals surface area contributed by atoms with Gasteiger partial charge in [-0.2, -0.15) is 26.3 Å². The zero-order valence-electron chi connectivity index (χ0n) is 8.12.